The molecule has 26 nitrogen and oxygen atoms in total. The number of rotatable bonds is 21. The van der Waals surface area contributed by atoms with Crippen LogP contribution in [0.4, 0.5) is 0 Å². The van der Waals surface area contributed by atoms with Crippen LogP contribution in [0.15, 0.2) is 0 Å². The maximum atomic E-state index is 13.0. The standard InChI is InChI=1S/C37H65N3O23/c1-14-23(48)26(51)27(52)34(57-14)61-31-22(40-16(3)45)33(56-9-7-5-4-6-8-38)59-20(13-43)29(31)60-35-28(53)32(25(50)19(12-42)58-35)63-37(36(54)55)10-17(46)21(39-15(2)44)30(62-37)24(49)18(47)11-41/h14,17-35,41-43,46-53H,4-13,38H2,1-3H3,(H,39,44)(H,40,45)(H,54,55)/t14?,17?,18-,19?,20?,21?,22?,23?,24-,25?,26?,27?,28?,29?,30?,31?,32?,33?,34?,35?,37?/m1/s1. The van der Waals surface area contributed by atoms with Crippen LogP contribution in [0.3, 0.4) is 0 Å². The number of ether oxygens (including phenoxy) is 8. The summed E-state index contributed by atoms with van der Waals surface area (Å²) in [6.07, 6.45) is -31.3. The molecule has 0 aromatic carbocycles. The highest BCUT2D eigenvalue weighted by atomic mass is 16.8. The lowest BCUT2D eigenvalue weighted by atomic mass is 9.88. The minimum atomic E-state index is -3.11. The van der Waals surface area contributed by atoms with Crippen LogP contribution in [0.5, 0.6) is 0 Å². The Labute approximate surface area is 361 Å². The number of carboxylic acids is 1. The van der Waals surface area contributed by atoms with Crippen LogP contribution >= 0.6 is 0 Å². The molecular weight excluding hydrogens is 854 g/mol. The number of aliphatic hydroxyl groups excluding tert-OH is 11. The smallest absolute Gasteiger partial charge is 0.364 e. The van der Waals surface area contributed by atoms with E-state index in [1.165, 1.54) is 6.92 Å². The third-order valence-electron chi connectivity index (χ3n) is 11.3. The van der Waals surface area contributed by atoms with E-state index in [1.54, 1.807) is 0 Å². The molecule has 4 saturated heterocycles. The van der Waals surface area contributed by atoms with Crippen LogP contribution in [0.1, 0.15) is 52.9 Å². The van der Waals surface area contributed by atoms with Crippen molar-refractivity contribution in [1.82, 2.24) is 10.6 Å². The van der Waals surface area contributed by atoms with Crippen LogP contribution in [0, 0.1) is 0 Å². The van der Waals surface area contributed by atoms with Crippen molar-refractivity contribution in [2.24, 2.45) is 5.73 Å². The van der Waals surface area contributed by atoms with Crippen LogP contribution in [-0.2, 0) is 52.3 Å². The number of aliphatic hydroxyl groups is 11. The van der Waals surface area contributed by atoms with Gasteiger partial charge in [-0.1, -0.05) is 12.8 Å². The molecular formula is C37H65N3O23. The van der Waals surface area contributed by atoms with Crippen LogP contribution < -0.4 is 16.4 Å². The molecule has 0 bridgehead atoms. The molecule has 4 rings (SSSR count). The first-order chi connectivity index (χ1) is 29.7. The zero-order valence-corrected chi connectivity index (χ0v) is 35.1. The fraction of sp³-hybridized carbons (Fsp3) is 0.919. The van der Waals surface area contributed by atoms with Gasteiger partial charge < -0.3 is 116 Å². The normalized spacial score (nSPS) is 42.0. The van der Waals surface area contributed by atoms with Crippen LogP contribution in [0.25, 0.3) is 0 Å². The molecule has 0 aromatic rings. The molecule has 0 aliphatic carbocycles. The van der Waals surface area contributed by atoms with Crippen molar-refractivity contribution >= 4 is 17.8 Å². The molecule has 4 aliphatic rings. The first-order valence-corrected chi connectivity index (χ1v) is 20.7. The minimum absolute atomic E-state index is 0.0657. The second-order valence-electron chi connectivity index (χ2n) is 16.1. The van der Waals surface area contributed by atoms with E-state index in [2.05, 4.69) is 10.6 Å². The SMILES string of the molecule is CC(=O)NC1C(OCCCCCCN)OC(CO)C(OC2OC(CO)C(O)C(OC3(C(=O)O)CC(O)C(NC(C)=O)C([C@H](O)[C@H](O)CO)O3)C2O)C1OC1OC(C)C(O)C(O)C1O. The quantitative estimate of drug-likeness (QED) is 0.0476. The van der Waals surface area contributed by atoms with Crippen LogP contribution in [0.2, 0.25) is 0 Å². The first kappa shape index (κ1) is 53.2. The molecule has 4 heterocycles. The summed E-state index contributed by atoms with van der Waals surface area (Å²) in [7, 11) is 0. The van der Waals surface area contributed by atoms with Gasteiger partial charge in [0.05, 0.1) is 38.1 Å². The van der Waals surface area contributed by atoms with Gasteiger partial charge in [-0.05, 0) is 26.3 Å². The Bertz CT molecular complexity index is 1460. The molecule has 63 heavy (non-hydrogen) atoms. The second-order valence-corrected chi connectivity index (χ2v) is 16.1. The van der Waals surface area contributed by atoms with E-state index in [0.717, 1.165) is 26.7 Å². The Morgan fingerprint density at radius 1 is 0.730 bits per heavy atom. The fourth-order valence-corrected chi connectivity index (χ4v) is 7.92. The van der Waals surface area contributed by atoms with Gasteiger partial charge >= 0.3 is 5.97 Å². The van der Waals surface area contributed by atoms with Crippen molar-refractivity contribution in [3.63, 3.8) is 0 Å². The zero-order chi connectivity index (χ0) is 46.9. The lowest BCUT2D eigenvalue weighted by Gasteiger charge is -2.51. The Morgan fingerprint density at radius 2 is 1.32 bits per heavy atom. The summed E-state index contributed by atoms with van der Waals surface area (Å²) in [6.45, 7) is 1.09. The number of nitrogens with two attached hydrogens (primary N) is 1. The number of hydrogen-bond donors (Lipinski definition) is 15. The maximum absolute atomic E-state index is 13.0. The summed E-state index contributed by atoms with van der Waals surface area (Å²) in [5, 5.41) is 133. The highest BCUT2D eigenvalue weighted by molar-refractivity contribution is 5.76. The van der Waals surface area contributed by atoms with Gasteiger partial charge in [0, 0.05) is 26.9 Å². The van der Waals surface area contributed by atoms with Gasteiger partial charge in [-0.3, -0.25) is 9.59 Å². The van der Waals surface area contributed by atoms with Crippen molar-refractivity contribution in [2.45, 2.75) is 181 Å². The predicted octanol–water partition coefficient (Wildman–Crippen LogP) is -7.68. The van der Waals surface area contributed by atoms with E-state index >= 15 is 0 Å². The second kappa shape index (κ2) is 23.9. The number of hydrogen-bond acceptors (Lipinski definition) is 23. The van der Waals surface area contributed by atoms with Crippen molar-refractivity contribution in [3.05, 3.63) is 0 Å². The number of nitrogens with one attached hydrogen (secondary N) is 2. The average molecular weight is 920 g/mol. The molecule has 21 atom stereocenters. The molecule has 26 heteroatoms. The van der Waals surface area contributed by atoms with E-state index in [0.29, 0.717) is 19.4 Å². The van der Waals surface area contributed by atoms with E-state index in [9.17, 15) is 75.7 Å². The Morgan fingerprint density at radius 3 is 1.90 bits per heavy atom. The fourth-order valence-electron chi connectivity index (χ4n) is 7.92. The minimum Gasteiger partial charge on any atom is -0.477 e. The van der Waals surface area contributed by atoms with Gasteiger partial charge in [0.2, 0.25) is 11.8 Å². The number of carboxylic acid groups (broad SMARTS) is 1. The largest absolute Gasteiger partial charge is 0.477 e. The summed E-state index contributed by atoms with van der Waals surface area (Å²) in [4.78, 5) is 37.7. The maximum Gasteiger partial charge on any atom is 0.364 e. The van der Waals surface area contributed by atoms with Crippen molar-refractivity contribution in [2.75, 3.05) is 33.0 Å². The summed E-state index contributed by atoms with van der Waals surface area (Å²) in [5.74, 6) is -6.56. The molecule has 2 amide bonds. The van der Waals surface area contributed by atoms with E-state index in [4.69, 9.17) is 43.6 Å². The Hall–Kier alpha value is -2.39. The molecule has 0 saturated carbocycles. The van der Waals surface area contributed by atoms with E-state index in [-0.39, 0.29) is 6.61 Å². The molecule has 16 N–H and O–H groups in total. The van der Waals surface area contributed by atoms with Crippen molar-refractivity contribution < 1.29 is 114 Å². The Balaban J connectivity index is 1.72. The Kier molecular flexibility index (Phi) is 20.2. The summed E-state index contributed by atoms with van der Waals surface area (Å²) in [6, 6.07) is -3.00. The molecule has 0 radical (unpaired) electrons. The number of unbranched alkanes of at least 4 members (excludes halogenated alkanes) is 3. The molecule has 4 fully saturated rings. The highest BCUT2D eigenvalue weighted by Gasteiger charge is 2.61. The zero-order valence-electron chi connectivity index (χ0n) is 35.1. The lowest BCUT2D eigenvalue weighted by Crippen LogP contribution is -2.71. The van der Waals surface area contributed by atoms with E-state index < -0.39 is 172 Å². The van der Waals surface area contributed by atoms with Gasteiger partial charge in [0.1, 0.15) is 85.4 Å². The highest BCUT2D eigenvalue weighted by Crippen LogP contribution is 2.39. The monoisotopic (exact) mass is 919 g/mol. The molecule has 366 valence electrons. The third-order valence-corrected chi connectivity index (χ3v) is 11.3. The molecule has 19 unspecified atom stereocenters. The number of carbonyl (C=O) groups is 3. The predicted molar refractivity (Wildman–Crippen MR) is 204 cm³/mol. The number of amides is 2. The van der Waals surface area contributed by atoms with Gasteiger partial charge in [-0.2, -0.15) is 0 Å². The summed E-state index contributed by atoms with van der Waals surface area (Å²) >= 11 is 0. The topological polar surface area (TPSA) is 418 Å². The number of carbonyl (C=O) groups excluding carboxylic acids is 2. The number of aliphatic carboxylic acids is 1. The van der Waals surface area contributed by atoms with Gasteiger partial charge in [-0.25, -0.2) is 4.79 Å². The van der Waals surface area contributed by atoms with Crippen molar-refractivity contribution in [1.29, 1.82) is 0 Å². The van der Waals surface area contributed by atoms with Crippen LogP contribution in [-0.4, -0.2) is 240 Å². The first-order valence-electron chi connectivity index (χ1n) is 20.7. The molecule has 0 spiro atoms. The summed E-state index contributed by atoms with van der Waals surface area (Å²) in [5.41, 5.74) is 5.58. The van der Waals surface area contributed by atoms with E-state index in [1.807, 2.05) is 0 Å². The van der Waals surface area contributed by atoms with Gasteiger partial charge in [-0.15, -0.1) is 0 Å². The van der Waals surface area contributed by atoms with Gasteiger partial charge in [0.15, 0.2) is 18.9 Å². The lowest BCUT2D eigenvalue weighted by molar-refractivity contribution is -0.391. The molecule has 0 aromatic heterocycles. The third kappa shape index (κ3) is 12.7. The van der Waals surface area contributed by atoms with Gasteiger partial charge in [0.25, 0.3) is 5.79 Å². The average Bonchev–Trinajstić information content (AvgIpc) is 3.24. The molecule has 4 aliphatic heterocycles. The summed E-state index contributed by atoms with van der Waals surface area (Å²) < 4.78 is 47.3. The van der Waals surface area contributed by atoms with Crippen molar-refractivity contribution in [3.8, 4) is 0 Å².